The highest BCUT2D eigenvalue weighted by atomic mass is 16.5. The predicted octanol–water partition coefficient (Wildman–Crippen LogP) is 4.09. The number of ether oxygens (including phenoxy) is 1. The van der Waals surface area contributed by atoms with E-state index in [1.807, 2.05) is 42.7 Å². The van der Waals surface area contributed by atoms with Crippen LogP contribution in [-0.4, -0.2) is 70.4 Å². The molecule has 2 N–H and O–H groups in total. The van der Waals surface area contributed by atoms with Gasteiger partial charge in [-0.2, -0.15) is 5.10 Å². The van der Waals surface area contributed by atoms with E-state index in [-0.39, 0.29) is 5.91 Å². The minimum atomic E-state index is -0.251. The lowest BCUT2D eigenvalue weighted by Crippen LogP contribution is -2.35. The summed E-state index contributed by atoms with van der Waals surface area (Å²) in [5.74, 6) is 0.648. The van der Waals surface area contributed by atoms with Crippen molar-refractivity contribution in [3.05, 3.63) is 66.2 Å². The largest absolute Gasteiger partial charge is 0.379 e. The summed E-state index contributed by atoms with van der Waals surface area (Å²) in [4.78, 5) is 26.9. The third kappa shape index (κ3) is 5.33. The number of nitrogens with zero attached hydrogens (tertiary/aromatic N) is 5. The minimum Gasteiger partial charge on any atom is -0.379 e. The number of carbonyl (C=O) groups excluding carboxylic acids is 1. The maximum Gasteiger partial charge on any atom is 0.276 e. The lowest BCUT2D eigenvalue weighted by molar-refractivity contribution is 0.0341. The zero-order chi connectivity index (χ0) is 25.0. The molecule has 0 bridgehead atoms. The Morgan fingerprint density at radius 3 is 2.70 bits per heavy atom. The Balaban J connectivity index is 1.22. The Morgan fingerprint density at radius 1 is 0.973 bits per heavy atom. The van der Waals surface area contributed by atoms with Crippen LogP contribution in [0.4, 0.5) is 11.5 Å². The van der Waals surface area contributed by atoms with Crippen LogP contribution in [-0.2, 0) is 11.3 Å². The highest BCUT2D eigenvalue weighted by Gasteiger charge is 2.18. The maximum absolute atomic E-state index is 13.2. The molecule has 2 saturated heterocycles. The van der Waals surface area contributed by atoms with Crippen molar-refractivity contribution in [1.82, 2.24) is 25.1 Å². The summed E-state index contributed by atoms with van der Waals surface area (Å²) >= 11 is 0. The molecule has 4 aromatic rings. The van der Waals surface area contributed by atoms with Crippen molar-refractivity contribution >= 4 is 28.3 Å². The summed E-state index contributed by atoms with van der Waals surface area (Å²) in [6.45, 7) is 6.25. The standard InChI is InChI=1S/C28H31N7O2/c36-28(31-23-6-7-30-26(16-23)35-8-2-1-3-9-35)27-24-15-21(4-5-25(24)32-33-27)22-14-20(17-29-18-22)19-34-10-12-37-13-11-34/h4-7,14-18H,1-3,8-13,19H2,(H,32,33)(H,30,31,36). The number of hydrogen-bond donors (Lipinski definition) is 2. The monoisotopic (exact) mass is 497 g/mol. The molecule has 5 heterocycles. The van der Waals surface area contributed by atoms with E-state index in [9.17, 15) is 4.79 Å². The minimum absolute atomic E-state index is 0.251. The number of pyridine rings is 2. The number of hydrogen-bond acceptors (Lipinski definition) is 7. The van der Waals surface area contributed by atoms with Crippen LogP contribution in [0.5, 0.6) is 0 Å². The Kier molecular flexibility index (Phi) is 6.79. The van der Waals surface area contributed by atoms with Gasteiger partial charge in [0, 0.05) is 74.0 Å². The molecule has 2 aliphatic heterocycles. The summed E-state index contributed by atoms with van der Waals surface area (Å²) in [7, 11) is 0. The molecule has 9 heteroatoms. The van der Waals surface area contributed by atoms with Gasteiger partial charge in [-0.3, -0.25) is 19.8 Å². The molecule has 0 saturated carbocycles. The first-order valence-electron chi connectivity index (χ1n) is 13.0. The van der Waals surface area contributed by atoms with Crippen LogP contribution in [0.1, 0.15) is 35.3 Å². The van der Waals surface area contributed by atoms with Gasteiger partial charge in [0.05, 0.1) is 18.7 Å². The van der Waals surface area contributed by atoms with Gasteiger partial charge in [0.2, 0.25) is 0 Å². The van der Waals surface area contributed by atoms with Gasteiger partial charge in [-0.25, -0.2) is 4.98 Å². The van der Waals surface area contributed by atoms with Crippen LogP contribution >= 0.6 is 0 Å². The van der Waals surface area contributed by atoms with Crippen molar-refractivity contribution in [2.45, 2.75) is 25.8 Å². The normalized spacial score (nSPS) is 16.7. The third-order valence-electron chi connectivity index (χ3n) is 7.10. The van der Waals surface area contributed by atoms with E-state index in [4.69, 9.17) is 4.74 Å². The van der Waals surface area contributed by atoms with Gasteiger partial charge in [-0.15, -0.1) is 0 Å². The fraction of sp³-hybridized carbons (Fsp3) is 0.357. The number of aromatic amines is 1. The topological polar surface area (TPSA) is 99.3 Å². The summed E-state index contributed by atoms with van der Waals surface area (Å²) < 4.78 is 5.46. The van der Waals surface area contributed by atoms with Crippen LogP contribution in [0, 0.1) is 0 Å². The number of fused-ring (bicyclic) bond motifs is 1. The molecule has 2 aliphatic rings. The fourth-order valence-electron chi connectivity index (χ4n) is 5.10. The van der Waals surface area contributed by atoms with Crippen LogP contribution in [0.3, 0.4) is 0 Å². The zero-order valence-corrected chi connectivity index (χ0v) is 20.8. The number of piperidine rings is 1. The Hall–Kier alpha value is -3.82. The molecular weight excluding hydrogens is 466 g/mol. The Morgan fingerprint density at radius 2 is 1.84 bits per heavy atom. The quantitative estimate of drug-likeness (QED) is 0.414. The number of anilines is 2. The highest BCUT2D eigenvalue weighted by molar-refractivity contribution is 6.11. The second kappa shape index (κ2) is 10.7. The lowest BCUT2D eigenvalue weighted by Gasteiger charge is -2.27. The van der Waals surface area contributed by atoms with Crippen LogP contribution in [0.15, 0.2) is 55.0 Å². The van der Waals surface area contributed by atoms with Crippen molar-refractivity contribution in [3.63, 3.8) is 0 Å². The number of nitrogens with one attached hydrogen (secondary N) is 2. The van der Waals surface area contributed by atoms with Crippen LogP contribution < -0.4 is 10.2 Å². The number of H-pyrrole nitrogens is 1. The van der Waals surface area contributed by atoms with E-state index in [0.29, 0.717) is 11.4 Å². The maximum atomic E-state index is 13.2. The molecule has 0 unspecified atom stereocenters. The van der Waals surface area contributed by atoms with E-state index in [0.717, 1.165) is 79.3 Å². The molecule has 190 valence electrons. The van der Waals surface area contributed by atoms with Gasteiger partial charge in [-0.05, 0) is 54.7 Å². The summed E-state index contributed by atoms with van der Waals surface area (Å²) in [6, 6.07) is 11.9. The average Bonchev–Trinajstić information content (AvgIpc) is 3.38. The number of carbonyl (C=O) groups is 1. The molecule has 0 atom stereocenters. The van der Waals surface area contributed by atoms with E-state index in [1.165, 1.54) is 19.3 Å². The highest BCUT2D eigenvalue weighted by Crippen LogP contribution is 2.27. The molecule has 2 fully saturated rings. The molecule has 6 rings (SSSR count). The molecule has 3 aromatic heterocycles. The second-order valence-corrected chi connectivity index (χ2v) is 9.71. The van der Waals surface area contributed by atoms with Gasteiger partial charge in [0.1, 0.15) is 5.82 Å². The molecule has 9 nitrogen and oxygen atoms in total. The lowest BCUT2D eigenvalue weighted by atomic mass is 10.0. The van der Waals surface area contributed by atoms with Gasteiger partial charge < -0.3 is 15.0 Å². The molecular formula is C28H31N7O2. The fourth-order valence-corrected chi connectivity index (χ4v) is 5.10. The zero-order valence-electron chi connectivity index (χ0n) is 20.8. The summed E-state index contributed by atoms with van der Waals surface area (Å²) in [5, 5.41) is 11.1. The average molecular weight is 498 g/mol. The number of aromatic nitrogens is 4. The van der Waals surface area contributed by atoms with Crippen molar-refractivity contribution in [2.24, 2.45) is 0 Å². The molecule has 0 radical (unpaired) electrons. The first-order chi connectivity index (χ1) is 18.2. The van der Waals surface area contributed by atoms with Crippen molar-refractivity contribution in [1.29, 1.82) is 0 Å². The van der Waals surface area contributed by atoms with E-state index < -0.39 is 0 Å². The van der Waals surface area contributed by atoms with E-state index >= 15 is 0 Å². The SMILES string of the molecule is O=C(Nc1ccnc(N2CCCCC2)c1)c1n[nH]c2ccc(-c3cncc(CN4CCOCC4)c3)cc12. The Bertz CT molecular complexity index is 1390. The first-order valence-corrected chi connectivity index (χ1v) is 13.0. The summed E-state index contributed by atoms with van der Waals surface area (Å²) in [5.41, 5.74) is 5.07. The molecule has 1 aromatic carbocycles. The molecule has 0 spiro atoms. The van der Waals surface area contributed by atoms with Crippen molar-refractivity contribution < 1.29 is 9.53 Å². The number of rotatable bonds is 6. The van der Waals surface area contributed by atoms with Gasteiger partial charge in [0.25, 0.3) is 5.91 Å². The van der Waals surface area contributed by atoms with E-state index in [2.05, 4.69) is 41.3 Å². The number of benzene rings is 1. The number of morpholine rings is 1. The van der Waals surface area contributed by atoms with Gasteiger partial charge in [-0.1, -0.05) is 6.07 Å². The Labute approximate surface area is 215 Å². The first kappa shape index (κ1) is 23.6. The van der Waals surface area contributed by atoms with Crippen LogP contribution in [0.2, 0.25) is 0 Å². The molecule has 1 amide bonds. The second-order valence-electron chi connectivity index (χ2n) is 9.71. The smallest absolute Gasteiger partial charge is 0.276 e. The molecule has 37 heavy (non-hydrogen) atoms. The predicted molar refractivity (Wildman–Crippen MR) is 144 cm³/mol. The van der Waals surface area contributed by atoms with Crippen molar-refractivity contribution in [3.8, 4) is 11.1 Å². The van der Waals surface area contributed by atoms with E-state index in [1.54, 1.807) is 6.20 Å². The molecule has 0 aliphatic carbocycles. The summed E-state index contributed by atoms with van der Waals surface area (Å²) in [6.07, 6.45) is 9.13. The number of amides is 1. The van der Waals surface area contributed by atoms with Crippen molar-refractivity contribution in [2.75, 3.05) is 49.6 Å². The van der Waals surface area contributed by atoms with Gasteiger partial charge >= 0.3 is 0 Å². The third-order valence-corrected chi connectivity index (χ3v) is 7.10. The van der Waals surface area contributed by atoms with Gasteiger partial charge in [0.15, 0.2) is 5.69 Å². The van der Waals surface area contributed by atoms with Crippen LogP contribution in [0.25, 0.3) is 22.0 Å².